The van der Waals surface area contributed by atoms with Gasteiger partial charge in [-0.05, 0) is 49.7 Å². The Hall–Kier alpha value is -2.38. The molecule has 0 aliphatic heterocycles. The van der Waals surface area contributed by atoms with Crippen molar-refractivity contribution in [2.75, 3.05) is 5.32 Å². The van der Waals surface area contributed by atoms with Gasteiger partial charge in [0.05, 0.1) is 10.6 Å². The normalized spacial score (nSPS) is 12.6. The second-order valence-corrected chi connectivity index (χ2v) is 7.14. The van der Waals surface area contributed by atoms with Gasteiger partial charge in [-0.1, -0.05) is 19.1 Å². The molecule has 2 aromatic carbocycles. The lowest BCUT2D eigenvalue weighted by Gasteiger charge is -2.12. The van der Waals surface area contributed by atoms with Gasteiger partial charge in [0.1, 0.15) is 5.75 Å². The molecule has 0 aliphatic rings. The van der Waals surface area contributed by atoms with Crippen molar-refractivity contribution in [3.05, 3.63) is 54.1 Å². The Morgan fingerprint density at radius 2 is 1.75 bits per heavy atom. The largest absolute Gasteiger partial charge is 0.506 e. The first kappa shape index (κ1) is 18.0. The minimum absolute atomic E-state index is 0.0391. The summed E-state index contributed by atoms with van der Waals surface area (Å²) in [4.78, 5) is 12.3. The first-order chi connectivity index (χ1) is 11.3. The first-order valence-corrected chi connectivity index (χ1v) is 9.03. The van der Waals surface area contributed by atoms with E-state index < -0.39 is 15.9 Å². The standard InChI is InChI=1S/C17H20N2O4S/c1-3-12(2)19-24(22,23)14-10-8-13(9-11-14)17(21)18-15-6-4-5-7-16(15)20/h4-12,19-20H,3H2,1-2H3,(H,18,21)/t12-/m0/s1. The van der Waals surface area contributed by atoms with Crippen LogP contribution in [0.25, 0.3) is 0 Å². The number of para-hydroxylation sites is 2. The molecule has 2 aromatic rings. The highest BCUT2D eigenvalue weighted by Gasteiger charge is 2.17. The summed E-state index contributed by atoms with van der Waals surface area (Å²) in [6.07, 6.45) is 0.681. The molecule has 1 amide bonds. The topological polar surface area (TPSA) is 95.5 Å². The zero-order valence-electron chi connectivity index (χ0n) is 13.5. The van der Waals surface area contributed by atoms with E-state index in [1.807, 2.05) is 6.92 Å². The molecular weight excluding hydrogens is 328 g/mol. The lowest BCUT2D eigenvalue weighted by molar-refractivity contribution is 0.102. The Labute approximate surface area is 141 Å². The predicted octanol–water partition coefficient (Wildman–Crippen LogP) is 2.72. The van der Waals surface area contributed by atoms with E-state index in [2.05, 4.69) is 10.0 Å². The van der Waals surface area contributed by atoms with Gasteiger partial charge in [-0.3, -0.25) is 4.79 Å². The van der Waals surface area contributed by atoms with E-state index in [0.29, 0.717) is 12.0 Å². The smallest absolute Gasteiger partial charge is 0.255 e. The quantitative estimate of drug-likeness (QED) is 0.700. The summed E-state index contributed by atoms with van der Waals surface area (Å²) in [5, 5.41) is 12.2. The number of rotatable bonds is 6. The van der Waals surface area contributed by atoms with Crippen LogP contribution in [-0.2, 0) is 10.0 Å². The van der Waals surface area contributed by atoms with Crippen molar-refractivity contribution in [1.29, 1.82) is 0 Å². The van der Waals surface area contributed by atoms with Crippen molar-refractivity contribution >= 4 is 21.6 Å². The maximum absolute atomic E-state index is 12.2. The number of benzene rings is 2. The van der Waals surface area contributed by atoms with Crippen molar-refractivity contribution < 1.29 is 18.3 Å². The molecule has 0 saturated carbocycles. The molecule has 2 rings (SSSR count). The van der Waals surface area contributed by atoms with Crippen molar-refractivity contribution in [2.24, 2.45) is 0 Å². The number of anilines is 1. The number of amides is 1. The number of aromatic hydroxyl groups is 1. The van der Waals surface area contributed by atoms with Gasteiger partial charge in [-0.15, -0.1) is 0 Å². The Balaban J connectivity index is 2.14. The van der Waals surface area contributed by atoms with Gasteiger partial charge in [-0.25, -0.2) is 13.1 Å². The van der Waals surface area contributed by atoms with Crippen molar-refractivity contribution in [3.8, 4) is 5.75 Å². The third-order valence-electron chi connectivity index (χ3n) is 3.55. The average molecular weight is 348 g/mol. The SMILES string of the molecule is CC[C@H](C)NS(=O)(=O)c1ccc(C(=O)Nc2ccccc2O)cc1. The van der Waals surface area contributed by atoms with Gasteiger partial charge < -0.3 is 10.4 Å². The van der Waals surface area contributed by atoms with Crippen LogP contribution in [0.2, 0.25) is 0 Å². The zero-order chi connectivity index (χ0) is 17.7. The summed E-state index contributed by atoms with van der Waals surface area (Å²) in [7, 11) is -3.60. The number of carbonyl (C=O) groups is 1. The summed E-state index contributed by atoms with van der Waals surface area (Å²) >= 11 is 0. The van der Waals surface area contributed by atoms with E-state index in [-0.39, 0.29) is 22.4 Å². The van der Waals surface area contributed by atoms with Crippen LogP contribution in [0.3, 0.4) is 0 Å². The molecule has 0 saturated heterocycles. The number of sulfonamides is 1. The van der Waals surface area contributed by atoms with E-state index in [0.717, 1.165) is 0 Å². The number of hydrogen-bond donors (Lipinski definition) is 3. The highest BCUT2D eigenvalue weighted by atomic mass is 32.2. The summed E-state index contributed by atoms with van der Waals surface area (Å²) in [5.74, 6) is -0.474. The minimum atomic E-state index is -3.60. The molecule has 0 aliphatic carbocycles. The lowest BCUT2D eigenvalue weighted by atomic mass is 10.2. The Bertz CT molecular complexity index is 817. The van der Waals surface area contributed by atoms with Crippen LogP contribution in [0.1, 0.15) is 30.6 Å². The number of phenols is 1. The lowest BCUT2D eigenvalue weighted by Crippen LogP contribution is -2.32. The van der Waals surface area contributed by atoms with Crippen LogP contribution in [0.5, 0.6) is 5.75 Å². The van der Waals surface area contributed by atoms with Crippen molar-refractivity contribution in [2.45, 2.75) is 31.2 Å². The van der Waals surface area contributed by atoms with Gasteiger partial charge in [-0.2, -0.15) is 0 Å². The van der Waals surface area contributed by atoms with Crippen LogP contribution in [0.4, 0.5) is 5.69 Å². The number of phenolic OH excluding ortho intramolecular Hbond substituents is 1. The molecule has 0 heterocycles. The first-order valence-electron chi connectivity index (χ1n) is 7.55. The van der Waals surface area contributed by atoms with Gasteiger partial charge in [0.25, 0.3) is 5.91 Å². The van der Waals surface area contributed by atoms with E-state index in [1.165, 1.54) is 30.3 Å². The zero-order valence-corrected chi connectivity index (χ0v) is 14.3. The Morgan fingerprint density at radius 3 is 2.33 bits per heavy atom. The van der Waals surface area contributed by atoms with E-state index in [9.17, 15) is 18.3 Å². The summed E-state index contributed by atoms with van der Waals surface area (Å²) in [5.41, 5.74) is 0.582. The van der Waals surface area contributed by atoms with E-state index in [4.69, 9.17) is 0 Å². The van der Waals surface area contributed by atoms with E-state index in [1.54, 1.807) is 25.1 Å². The second-order valence-electron chi connectivity index (χ2n) is 5.43. The summed E-state index contributed by atoms with van der Waals surface area (Å²) < 4.78 is 26.9. The molecule has 0 aromatic heterocycles. The highest BCUT2D eigenvalue weighted by Crippen LogP contribution is 2.22. The van der Waals surface area contributed by atoms with Crippen molar-refractivity contribution in [1.82, 2.24) is 4.72 Å². The molecule has 7 heteroatoms. The fraction of sp³-hybridized carbons (Fsp3) is 0.235. The molecule has 24 heavy (non-hydrogen) atoms. The van der Waals surface area contributed by atoms with Gasteiger partial charge in [0.2, 0.25) is 10.0 Å². The molecule has 0 bridgehead atoms. The number of nitrogens with one attached hydrogen (secondary N) is 2. The molecule has 128 valence electrons. The molecule has 0 fully saturated rings. The fourth-order valence-electron chi connectivity index (χ4n) is 1.98. The van der Waals surface area contributed by atoms with Crippen LogP contribution >= 0.6 is 0 Å². The summed E-state index contributed by atoms with van der Waals surface area (Å²) in [6, 6.07) is 11.8. The maximum atomic E-state index is 12.2. The predicted molar refractivity (Wildman–Crippen MR) is 92.6 cm³/mol. The van der Waals surface area contributed by atoms with Gasteiger partial charge >= 0.3 is 0 Å². The molecule has 3 N–H and O–H groups in total. The van der Waals surface area contributed by atoms with Crippen LogP contribution < -0.4 is 10.0 Å². The van der Waals surface area contributed by atoms with Gasteiger partial charge in [0, 0.05) is 11.6 Å². The van der Waals surface area contributed by atoms with Crippen molar-refractivity contribution in [3.63, 3.8) is 0 Å². The van der Waals surface area contributed by atoms with E-state index >= 15 is 0 Å². The van der Waals surface area contributed by atoms with Crippen LogP contribution in [0.15, 0.2) is 53.4 Å². The highest BCUT2D eigenvalue weighted by molar-refractivity contribution is 7.89. The monoisotopic (exact) mass is 348 g/mol. The maximum Gasteiger partial charge on any atom is 0.255 e. The third-order valence-corrected chi connectivity index (χ3v) is 5.15. The minimum Gasteiger partial charge on any atom is -0.506 e. The number of hydrogen-bond acceptors (Lipinski definition) is 4. The fourth-order valence-corrected chi connectivity index (χ4v) is 3.30. The second kappa shape index (κ2) is 7.46. The van der Waals surface area contributed by atoms with Crippen LogP contribution in [-0.4, -0.2) is 25.5 Å². The average Bonchev–Trinajstić information content (AvgIpc) is 2.56. The summed E-state index contributed by atoms with van der Waals surface area (Å²) in [6.45, 7) is 3.67. The Morgan fingerprint density at radius 1 is 1.12 bits per heavy atom. The molecule has 1 atom stereocenters. The number of carbonyl (C=O) groups excluding carboxylic acids is 1. The molecule has 6 nitrogen and oxygen atoms in total. The third kappa shape index (κ3) is 4.33. The molecule has 0 radical (unpaired) electrons. The van der Waals surface area contributed by atoms with Gasteiger partial charge in [0.15, 0.2) is 0 Å². The molecular formula is C17H20N2O4S. The Kier molecular flexibility index (Phi) is 5.58. The molecule has 0 spiro atoms. The van der Waals surface area contributed by atoms with Crippen LogP contribution in [0, 0.1) is 0 Å². The molecule has 0 unspecified atom stereocenters.